The van der Waals surface area contributed by atoms with Gasteiger partial charge in [-0.15, -0.1) is 5.10 Å². The summed E-state index contributed by atoms with van der Waals surface area (Å²) in [5.41, 5.74) is 1.89. The van der Waals surface area contributed by atoms with Crippen LogP contribution in [-0.4, -0.2) is 57.9 Å². The van der Waals surface area contributed by atoms with Crippen molar-refractivity contribution in [2.45, 2.75) is 45.1 Å². The highest BCUT2D eigenvalue weighted by molar-refractivity contribution is 6.30. The number of aromatic nitrogens is 6. The molecule has 0 atom stereocenters. The molecule has 4 heterocycles. The van der Waals surface area contributed by atoms with Crippen molar-refractivity contribution in [3.05, 3.63) is 94.7 Å². The lowest BCUT2D eigenvalue weighted by atomic mass is 10.1. The lowest BCUT2D eigenvalue weighted by Crippen LogP contribution is -2.35. The van der Waals surface area contributed by atoms with Gasteiger partial charge in [-0.1, -0.05) is 17.7 Å². The van der Waals surface area contributed by atoms with Crippen LogP contribution in [0.5, 0.6) is 5.88 Å². The Morgan fingerprint density at radius 2 is 1.91 bits per heavy atom. The van der Waals surface area contributed by atoms with E-state index < -0.39 is 18.3 Å². The van der Waals surface area contributed by atoms with Gasteiger partial charge in [-0.25, -0.2) is 19.2 Å². The number of halogens is 4. The van der Waals surface area contributed by atoms with Crippen molar-refractivity contribution in [1.29, 1.82) is 0 Å². The monoisotopic (exact) mass is 630 g/mol. The number of carbonyl (C=O) groups is 1. The minimum absolute atomic E-state index is 0. The summed E-state index contributed by atoms with van der Waals surface area (Å²) < 4.78 is 51.3. The van der Waals surface area contributed by atoms with E-state index in [1.165, 1.54) is 24.4 Å². The van der Waals surface area contributed by atoms with Gasteiger partial charge in [0.05, 0.1) is 53.9 Å². The number of alkyl halides is 2. The molecule has 1 saturated heterocycles. The fraction of sp³-hybridized carbons (Fsp3) is 0.310. The summed E-state index contributed by atoms with van der Waals surface area (Å²) in [7, 11) is 0. The van der Waals surface area contributed by atoms with E-state index in [-0.39, 0.29) is 36.6 Å². The van der Waals surface area contributed by atoms with Gasteiger partial charge in [-0.05, 0) is 43.2 Å². The Morgan fingerprint density at radius 3 is 2.64 bits per heavy atom. The van der Waals surface area contributed by atoms with E-state index in [1.54, 1.807) is 28.8 Å². The maximum absolute atomic E-state index is 14.1. The summed E-state index contributed by atoms with van der Waals surface area (Å²) in [6, 6.07) is 10.9. The second-order valence-electron chi connectivity index (χ2n) is 10.4. The number of fused-ring (bicyclic) bond motifs is 1. The van der Waals surface area contributed by atoms with Crippen LogP contribution in [0.1, 0.15) is 52.9 Å². The van der Waals surface area contributed by atoms with E-state index in [0.29, 0.717) is 39.9 Å². The Balaban J connectivity index is 0.00000384. The molecule has 1 aliphatic rings. The number of likely N-dealkylation sites (tertiary alicyclic amines) is 1. The molecule has 0 radical (unpaired) electrons. The standard InChI is InChI=1S/C29H27ClF3N7O3.H3N/c30-20-3-1-19(23(31)12-20)16-43-27-7-10-40(36-27)21-5-8-37(9-6-21)15-26-35-24-4-2-18(28(41)42)11-25(24)38(26)14-22-13-34-17-39(22)29(32)33;/h1-4,7,10-13,17,21,29H,5-6,8-9,14-16H2,(H,41,42);1H3. The highest BCUT2D eigenvalue weighted by atomic mass is 35.5. The van der Waals surface area contributed by atoms with Crippen molar-refractivity contribution in [2.24, 2.45) is 0 Å². The molecule has 0 spiro atoms. The summed E-state index contributed by atoms with van der Waals surface area (Å²) in [5.74, 6) is -0.480. The van der Waals surface area contributed by atoms with Gasteiger partial charge in [-0.2, -0.15) is 8.78 Å². The Morgan fingerprint density at radius 1 is 1.11 bits per heavy atom. The first-order valence-electron chi connectivity index (χ1n) is 13.6. The van der Waals surface area contributed by atoms with Crippen molar-refractivity contribution < 1.29 is 27.8 Å². The van der Waals surface area contributed by atoms with Crippen molar-refractivity contribution >= 4 is 28.6 Å². The van der Waals surface area contributed by atoms with E-state index in [1.807, 2.05) is 10.9 Å². The number of carboxylic acids is 1. The van der Waals surface area contributed by atoms with Crippen LogP contribution < -0.4 is 10.9 Å². The molecule has 11 nitrogen and oxygen atoms in total. The average Bonchev–Trinajstić information content (AvgIpc) is 3.72. The summed E-state index contributed by atoms with van der Waals surface area (Å²) in [6.45, 7) is -0.745. The third-order valence-corrected chi connectivity index (χ3v) is 7.86. The molecule has 0 saturated carbocycles. The van der Waals surface area contributed by atoms with E-state index in [2.05, 4.69) is 15.0 Å². The molecule has 232 valence electrons. The molecule has 1 fully saturated rings. The number of rotatable bonds is 10. The Hall–Kier alpha value is -4.40. The van der Waals surface area contributed by atoms with Gasteiger partial charge in [0.25, 0.3) is 0 Å². The molecular formula is C29H30ClF3N8O3. The maximum atomic E-state index is 14.1. The number of nitrogens with zero attached hydrogens (tertiary/aromatic N) is 7. The predicted octanol–water partition coefficient (Wildman–Crippen LogP) is 5.94. The number of hydrogen-bond donors (Lipinski definition) is 2. The first kappa shape index (κ1) is 31.0. The Kier molecular flexibility index (Phi) is 9.22. The van der Waals surface area contributed by atoms with Crippen LogP contribution in [0.2, 0.25) is 5.02 Å². The third kappa shape index (κ3) is 6.56. The number of piperidine rings is 1. The van der Waals surface area contributed by atoms with Crippen molar-refractivity contribution in [3.63, 3.8) is 0 Å². The molecule has 0 aliphatic carbocycles. The molecule has 1 aliphatic heterocycles. The minimum atomic E-state index is -2.75. The molecule has 3 aromatic heterocycles. The topological polar surface area (TPSA) is 138 Å². The summed E-state index contributed by atoms with van der Waals surface area (Å²) in [5, 5.41) is 14.4. The number of carboxylic acid groups (broad SMARTS) is 1. The van der Waals surface area contributed by atoms with E-state index in [9.17, 15) is 23.1 Å². The first-order valence-corrected chi connectivity index (χ1v) is 14.0. The van der Waals surface area contributed by atoms with E-state index in [4.69, 9.17) is 21.3 Å². The summed E-state index contributed by atoms with van der Waals surface area (Å²) >= 11 is 5.81. The fourth-order valence-electron chi connectivity index (χ4n) is 5.33. The molecule has 15 heteroatoms. The highest BCUT2D eigenvalue weighted by Crippen LogP contribution is 2.27. The van der Waals surface area contributed by atoms with Crippen molar-refractivity contribution in [2.75, 3.05) is 13.1 Å². The Bertz CT molecular complexity index is 1760. The lowest BCUT2D eigenvalue weighted by Gasteiger charge is -2.31. The van der Waals surface area contributed by atoms with Gasteiger partial charge in [0.2, 0.25) is 5.88 Å². The summed E-state index contributed by atoms with van der Waals surface area (Å²) in [4.78, 5) is 22.5. The smallest absolute Gasteiger partial charge is 0.335 e. The fourth-order valence-corrected chi connectivity index (χ4v) is 5.49. The second-order valence-corrected chi connectivity index (χ2v) is 10.8. The second kappa shape index (κ2) is 13.1. The highest BCUT2D eigenvalue weighted by Gasteiger charge is 2.24. The molecule has 2 aromatic carbocycles. The van der Waals surface area contributed by atoms with Gasteiger partial charge >= 0.3 is 12.5 Å². The average molecular weight is 631 g/mol. The van der Waals surface area contributed by atoms with Crippen LogP contribution in [0.15, 0.2) is 61.2 Å². The molecule has 0 amide bonds. The molecule has 6 rings (SSSR count). The number of hydrogen-bond acceptors (Lipinski definition) is 7. The molecular weight excluding hydrogens is 601 g/mol. The molecule has 0 unspecified atom stereocenters. The van der Waals surface area contributed by atoms with Crippen LogP contribution in [0, 0.1) is 5.82 Å². The Labute approximate surface area is 255 Å². The predicted molar refractivity (Wildman–Crippen MR) is 156 cm³/mol. The molecule has 44 heavy (non-hydrogen) atoms. The van der Waals surface area contributed by atoms with Crippen LogP contribution in [-0.2, 0) is 19.7 Å². The minimum Gasteiger partial charge on any atom is -0.478 e. The zero-order valence-corrected chi connectivity index (χ0v) is 24.2. The van der Waals surface area contributed by atoms with Crippen LogP contribution >= 0.6 is 11.6 Å². The van der Waals surface area contributed by atoms with E-state index >= 15 is 0 Å². The number of imidazole rings is 2. The van der Waals surface area contributed by atoms with Gasteiger partial charge in [-0.3, -0.25) is 14.1 Å². The van der Waals surface area contributed by atoms with Gasteiger partial charge in [0.15, 0.2) is 0 Å². The van der Waals surface area contributed by atoms with Gasteiger partial charge in [0, 0.05) is 35.9 Å². The van der Waals surface area contributed by atoms with Gasteiger partial charge < -0.3 is 20.6 Å². The quantitative estimate of drug-likeness (QED) is 0.193. The maximum Gasteiger partial charge on any atom is 0.335 e. The number of ether oxygens (including phenoxy) is 1. The lowest BCUT2D eigenvalue weighted by molar-refractivity contribution is 0.0668. The van der Waals surface area contributed by atoms with Crippen molar-refractivity contribution in [1.82, 2.24) is 39.9 Å². The number of benzene rings is 2. The van der Waals surface area contributed by atoms with Crippen LogP contribution in [0.25, 0.3) is 11.0 Å². The van der Waals surface area contributed by atoms with Crippen molar-refractivity contribution in [3.8, 4) is 5.88 Å². The zero-order chi connectivity index (χ0) is 30.1. The number of aromatic carboxylic acids is 1. The van der Waals surface area contributed by atoms with E-state index in [0.717, 1.165) is 36.8 Å². The normalized spacial score (nSPS) is 14.3. The van der Waals surface area contributed by atoms with Crippen LogP contribution in [0.3, 0.4) is 0 Å². The first-order chi connectivity index (χ1) is 20.7. The van der Waals surface area contributed by atoms with Crippen LogP contribution in [0.4, 0.5) is 13.2 Å². The molecule has 5 aromatic rings. The molecule has 4 N–H and O–H groups in total. The third-order valence-electron chi connectivity index (χ3n) is 7.62. The summed E-state index contributed by atoms with van der Waals surface area (Å²) in [6.07, 6.45) is 5.90. The molecule has 0 bridgehead atoms. The largest absolute Gasteiger partial charge is 0.478 e. The SMILES string of the molecule is N.O=C(O)c1ccc2nc(CN3CCC(n4ccc(OCc5ccc(Cl)cc5F)n4)CC3)n(Cc3cncn3C(F)F)c2c1. The zero-order valence-electron chi connectivity index (χ0n) is 23.5. The van der Waals surface area contributed by atoms with Gasteiger partial charge in [0.1, 0.15) is 18.2 Å².